The minimum atomic E-state index is -0.00194. The van der Waals surface area contributed by atoms with Gasteiger partial charge in [-0.25, -0.2) is 0 Å². The second-order valence-corrected chi connectivity index (χ2v) is 1.25. The quantitative estimate of drug-likeness (QED) is 0.328. The predicted molar refractivity (Wildman–Crippen MR) is 34.1 cm³/mol. The zero-order valence-electron chi connectivity index (χ0n) is 5.36. The molecule has 1 N–H and O–H groups in total. The molecule has 0 fully saturated rings. The van der Waals surface area contributed by atoms with E-state index in [0.717, 1.165) is 0 Å². The maximum absolute atomic E-state index is 8.36. The van der Waals surface area contributed by atoms with Crippen molar-refractivity contribution in [3.05, 3.63) is 0 Å². The summed E-state index contributed by atoms with van der Waals surface area (Å²) >= 11 is 0. The molecule has 0 atom stereocenters. The Bertz CT molecular complexity index is 103. The van der Waals surface area contributed by atoms with Crippen molar-refractivity contribution in [3.63, 3.8) is 0 Å². The molecule has 9 heavy (non-hydrogen) atoms. The molecule has 0 heterocycles. The van der Waals surface area contributed by atoms with Gasteiger partial charge in [-0.1, -0.05) is 5.22 Å². The van der Waals surface area contributed by atoms with Crippen molar-refractivity contribution in [1.82, 2.24) is 5.12 Å². The van der Waals surface area contributed by atoms with E-state index in [1.54, 1.807) is 0 Å². The van der Waals surface area contributed by atoms with Crippen molar-refractivity contribution in [2.75, 3.05) is 20.2 Å². The van der Waals surface area contributed by atoms with E-state index in [0.29, 0.717) is 6.54 Å². The highest BCUT2D eigenvalue weighted by Crippen LogP contribution is 1.87. The fraction of sp³-hybridized carbons (Fsp3) is 0.750. The minimum absolute atomic E-state index is 0.00194. The van der Waals surface area contributed by atoms with Gasteiger partial charge in [0.25, 0.3) is 0 Å². The summed E-state index contributed by atoms with van der Waals surface area (Å²) in [5.41, 5.74) is 0. The van der Waals surface area contributed by atoms with Crippen molar-refractivity contribution in [2.45, 2.75) is 0 Å². The zero-order valence-corrected chi connectivity index (χ0v) is 5.36. The third-order valence-corrected chi connectivity index (χ3v) is 0.656. The average molecular weight is 130 g/mol. The lowest BCUT2D eigenvalue weighted by Crippen LogP contribution is -2.13. The third-order valence-electron chi connectivity index (χ3n) is 0.656. The predicted octanol–water partition coefficient (Wildman–Crippen LogP) is -0.107. The summed E-state index contributed by atoms with van der Waals surface area (Å²) in [7, 11) is 1.52. The molecule has 0 aliphatic rings. The standard InChI is InChI=1S/C4H10N4O/c1-5-7-8(6-2)3-4-9/h9H,2-4H2,1H3. The molecule has 0 saturated carbocycles. The van der Waals surface area contributed by atoms with Gasteiger partial charge >= 0.3 is 0 Å². The summed E-state index contributed by atoms with van der Waals surface area (Å²) in [6, 6.07) is 0. The number of hydrazone groups is 1. The highest BCUT2D eigenvalue weighted by atomic mass is 16.3. The van der Waals surface area contributed by atoms with Crippen LogP contribution in [0.1, 0.15) is 0 Å². The first-order valence-electron chi connectivity index (χ1n) is 2.50. The van der Waals surface area contributed by atoms with E-state index in [4.69, 9.17) is 5.11 Å². The zero-order chi connectivity index (χ0) is 7.11. The molecule has 0 unspecified atom stereocenters. The maximum Gasteiger partial charge on any atom is 0.0855 e. The number of hydrogen-bond donors (Lipinski definition) is 1. The SMILES string of the molecule is C=NN(CCO)N=NC. The van der Waals surface area contributed by atoms with E-state index < -0.39 is 0 Å². The van der Waals surface area contributed by atoms with E-state index in [1.807, 2.05) is 0 Å². The van der Waals surface area contributed by atoms with Crippen LogP contribution >= 0.6 is 0 Å². The fourth-order valence-corrected chi connectivity index (χ4v) is 0.336. The Morgan fingerprint density at radius 1 is 1.67 bits per heavy atom. The number of aliphatic hydroxyl groups excluding tert-OH is 1. The molecule has 5 nitrogen and oxygen atoms in total. The Kier molecular flexibility index (Phi) is 4.61. The number of nitrogens with zero attached hydrogens (tertiary/aromatic N) is 4. The molecule has 0 aliphatic carbocycles. The van der Waals surface area contributed by atoms with Crippen LogP contribution in [0.5, 0.6) is 0 Å². The first-order chi connectivity index (χ1) is 4.35. The van der Waals surface area contributed by atoms with Crippen LogP contribution in [0.25, 0.3) is 0 Å². The van der Waals surface area contributed by atoms with Gasteiger partial charge in [-0.3, -0.25) is 0 Å². The Morgan fingerprint density at radius 3 is 2.67 bits per heavy atom. The number of rotatable bonds is 4. The summed E-state index contributed by atoms with van der Waals surface area (Å²) < 4.78 is 0. The van der Waals surface area contributed by atoms with Gasteiger partial charge in [-0.2, -0.15) is 15.3 Å². The van der Waals surface area contributed by atoms with Gasteiger partial charge in [0.15, 0.2) is 0 Å². The van der Waals surface area contributed by atoms with Crippen LogP contribution in [0.15, 0.2) is 15.4 Å². The average Bonchev–Trinajstić information content (AvgIpc) is 1.88. The van der Waals surface area contributed by atoms with Crippen LogP contribution < -0.4 is 0 Å². The first kappa shape index (κ1) is 8.03. The summed E-state index contributed by atoms with van der Waals surface area (Å²) in [5, 5.41) is 19.9. The van der Waals surface area contributed by atoms with E-state index in [9.17, 15) is 0 Å². The molecule has 0 rings (SSSR count). The van der Waals surface area contributed by atoms with Crippen LogP contribution in [-0.2, 0) is 0 Å². The molecule has 0 aliphatic heterocycles. The van der Waals surface area contributed by atoms with Gasteiger partial charge in [0.05, 0.1) is 20.2 Å². The molecule has 0 spiro atoms. The summed E-state index contributed by atoms with van der Waals surface area (Å²) in [4.78, 5) is 0. The fourth-order valence-electron chi connectivity index (χ4n) is 0.336. The van der Waals surface area contributed by atoms with E-state index >= 15 is 0 Å². The van der Waals surface area contributed by atoms with Crippen molar-refractivity contribution in [1.29, 1.82) is 0 Å². The topological polar surface area (TPSA) is 60.5 Å². The molecule has 0 aromatic rings. The molecule has 52 valence electrons. The van der Waals surface area contributed by atoms with Crippen LogP contribution in [0.2, 0.25) is 0 Å². The van der Waals surface area contributed by atoms with Crippen molar-refractivity contribution in [2.24, 2.45) is 15.4 Å². The Balaban J connectivity index is 3.53. The minimum Gasteiger partial charge on any atom is -0.394 e. The van der Waals surface area contributed by atoms with Crippen molar-refractivity contribution in [3.8, 4) is 0 Å². The highest BCUT2D eigenvalue weighted by Gasteiger charge is 1.91. The lowest BCUT2D eigenvalue weighted by atomic mass is 10.7. The second kappa shape index (κ2) is 5.17. The second-order valence-electron chi connectivity index (χ2n) is 1.25. The summed E-state index contributed by atoms with van der Waals surface area (Å²) in [5.74, 6) is 0. The molecular weight excluding hydrogens is 120 g/mol. The summed E-state index contributed by atoms with van der Waals surface area (Å²) in [6.07, 6.45) is 0. The Labute approximate surface area is 53.7 Å². The molecule has 0 radical (unpaired) electrons. The molecule has 0 amide bonds. The maximum atomic E-state index is 8.36. The smallest absolute Gasteiger partial charge is 0.0855 e. The molecule has 0 aromatic heterocycles. The van der Waals surface area contributed by atoms with Crippen molar-refractivity contribution >= 4 is 6.72 Å². The summed E-state index contributed by atoms with van der Waals surface area (Å²) in [6.45, 7) is 3.54. The molecular formula is C4H10N4O. The van der Waals surface area contributed by atoms with Crippen LogP contribution in [0.3, 0.4) is 0 Å². The van der Waals surface area contributed by atoms with Gasteiger partial charge in [0, 0.05) is 6.72 Å². The Hall–Kier alpha value is -0.970. The van der Waals surface area contributed by atoms with Gasteiger partial charge in [-0.05, 0) is 0 Å². The van der Waals surface area contributed by atoms with E-state index in [2.05, 4.69) is 22.2 Å². The van der Waals surface area contributed by atoms with Crippen LogP contribution in [-0.4, -0.2) is 37.1 Å². The van der Waals surface area contributed by atoms with E-state index in [-0.39, 0.29) is 6.61 Å². The highest BCUT2D eigenvalue weighted by molar-refractivity contribution is 5.22. The lowest BCUT2D eigenvalue weighted by Gasteiger charge is -2.05. The van der Waals surface area contributed by atoms with Crippen LogP contribution in [0.4, 0.5) is 0 Å². The monoisotopic (exact) mass is 130 g/mol. The van der Waals surface area contributed by atoms with Crippen molar-refractivity contribution < 1.29 is 5.11 Å². The molecule has 0 bridgehead atoms. The van der Waals surface area contributed by atoms with Gasteiger partial charge in [0.2, 0.25) is 0 Å². The molecule has 0 saturated heterocycles. The Morgan fingerprint density at radius 2 is 2.33 bits per heavy atom. The largest absolute Gasteiger partial charge is 0.394 e. The molecule has 5 heteroatoms. The van der Waals surface area contributed by atoms with Crippen LogP contribution in [0, 0.1) is 0 Å². The van der Waals surface area contributed by atoms with Gasteiger partial charge < -0.3 is 5.11 Å². The number of hydrogen-bond acceptors (Lipinski definition) is 4. The number of aliphatic hydroxyl groups is 1. The van der Waals surface area contributed by atoms with Gasteiger partial charge in [-0.15, -0.1) is 0 Å². The normalized spacial score (nSPS) is 10.0. The first-order valence-corrected chi connectivity index (χ1v) is 2.50. The lowest BCUT2D eigenvalue weighted by molar-refractivity contribution is 0.198. The molecule has 0 aromatic carbocycles. The van der Waals surface area contributed by atoms with Gasteiger partial charge in [0.1, 0.15) is 0 Å². The third kappa shape index (κ3) is 3.60. The van der Waals surface area contributed by atoms with E-state index in [1.165, 1.54) is 12.2 Å².